The zero-order valence-corrected chi connectivity index (χ0v) is 13.2. The normalized spacial score (nSPS) is 10.2. The maximum absolute atomic E-state index is 10.9. The average Bonchev–Trinajstić information content (AvgIpc) is 2.58. The Morgan fingerprint density at radius 2 is 2.09 bits per heavy atom. The van der Waals surface area contributed by atoms with Crippen LogP contribution in [0.2, 0.25) is 0 Å². The highest BCUT2D eigenvalue weighted by Gasteiger charge is 2.07. The molecule has 23 heavy (non-hydrogen) atoms. The van der Waals surface area contributed by atoms with Crippen molar-refractivity contribution < 1.29 is 19.4 Å². The number of hydrogen-bond acceptors (Lipinski definition) is 5. The molecule has 0 saturated heterocycles. The maximum Gasteiger partial charge on any atom is 0.354 e. The van der Waals surface area contributed by atoms with Crippen LogP contribution in [0.15, 0.2) is 36.4 Å². The van der Waals surface area contributed by atoms with E-state index in [1.54, 1.807) is 19.2 Å². The molecular formula is C17H20N2O4. The van der Waals surface area contributed by atoms with E-state index in [-0.39, 0.29) is 5.69 Å². The Bertz CT molecular complexity index is 673. The molecule has 1 aromatic carbocycles. The molecule has 0 amide bonds. The van der Waals surface area contributed by atoms with Crippen LogP contribution in [-0.4, -0.2) is 29.8 Å². The first-order valence-corrected chi connectivity index (χ1v) is 7.38. The SMILES string of the molecule is CCCOc1ccc(CNc2cccc(C(=O)O)n2)cc1OC. The highest BCUT2D eigenvalue weighted by atomic mass is 16.5. The minimum atomic E-state index is -1.05. The largest absolute Gasteiger partial charge is 0.493 e. The monoisotopic (exact) mass is 316 g/mol. The van der Waals surface area contributed by atoms with Gasteiger partial charge in [-0.05, 0) is 36.2 Å². The van der Waals surface area contributed by atoms with Crippen LogP contribution in [0.25, 0.3) is 0 Å². The summed E-state index contributed by atoms with van der Waals surface area (Å²) < 4.78 is 11.0. The molecule has 0 fully saturated rings. The molecular weight excluding hydrogens is 296 g/mol. The number of methoxy groups -OCH3 is 1. The lowest BCUT2D eigenvalue weighted by molar-refractivity contribution is 0.0690. The predicted molar refractivity (Wildman–Crippen MR) is 87.3 cm³/mol. The Hall–Kier alpha value is -2.76. The van der Waals surface area contributed by atoms with Crippen molar-refractivity contribution in [2.45, 2.75) is 19.9 Å². The Balaban J connectivity index is 2.05. The summed E-state index contributed by atoms with van der Waals surface area (Å²) in [5.74, 6) is 0.844. The molecule has 2 rings (SSSR count). The molecule has 0 unspecified atom stereocenters. The Kier molecular flexibility index (Phi) is 5.80. The van der Waals surface area contributed by atoms with Gasteiger partial charge >= 0.3 is 5.97 Å². The number of ether oxygens (including phenoxy) is 2. The molecule has 1 heterocycles. The van der Waals surface area contributed by atoms with Gasteiger partial charge in [0, 0.05) is 6.54 Å². The third-order valence-corrected chi connectivity index (χ3v) is 3.13. The van der Waals surface area contributed by atoms with E-state index in [1.807, 2.05) is 25.1 Å². The number of aromatic carboxylic acids is 1. The van der Waals surface area contributed by atoms with Gasteiger partial charge in [-0.1, -0.05) is 19.1 Å². The highest BCUT2D eigenvalue weighted by molar-refractivity contribution is 5.85. The molecule has 0 atom stereocenters. The molecule has 2 aromatic rings. The highest BCUT2D eigenvalue weighted by Crippen LogP contribution is 2.28. The topological polar surface area (TPSA) is 80.7 Å². The van der Waals surface area contributed by atoms with Crippen LogP contribution in [0.3, 0.4) is 0 Å². The summed E-state index contributed by atoms with van der Waals surface area (Å²) in [6, 6.07) is 10.5. The summed E-state index contributed by atoms with van der Waals surface area (Å²) in [5.41, 5.74) is 0.990. The second kappa shape index (κ2) is 8.03. The fraction of sp³-hybridized carbons (Fsp3) is 0.294. The average molecular weight is 316 g/mol. The minimum absolute atomic E-state index is 0.0101. The lowest BCUT2D eigenvalue weighted by Crippen LogP contribution is -2.06. The van der Waals surface area contributed by atoms with E-state index in [1.165, 1.54) is 6.07 Å². The summed E-state index contributed by atoms with van der Waals surface area (Å²) in [6.07, 6.45) is 0.929. The van der Waals surface area contributed by atoms with Gasteiger partial charge in [-0.15, -0.1) is 0 Å². The summed E-state index contributed by atoms with van der Waals surface area (Å²) in [6.45, 7) is 3.18. The summed E-state index contributed by atoms with van der Waals surface area (Å²) in [4.78, 5) is 14.9. The van der Waals surface area contributed by atoms with Crippen molar-refractivity contribution in [3.8, 4) is 11.5 Å². The fourth-order valence-corrected chi connectivity index (χ4v) is 2.00. The first-order chi connectivity index (χ1) is 11.1. The number of nitrogens with one attached hydrogen (secondary N) is 1. The van der Waals surface area contributed by atoms with Crippen LogP contribution >= 0.6 is 0 Å². The number of anilines is 1. The van der Waals surface area contributed by atoms with Crippen molar-refractivity contribution in [3.63, 3.8) is 0 Å². The second-order valence-corrected chi connectivity index (χ2v) is 4.90. The standard InChI is InChI=1S/C17H20N2O4/c1-3-9-23-14-8-7-12(10-15(14)22-2)11-18-16-6-4-5-13(19-16)17(20)21/h4-8,10H,3,9,11H2,1-2H3,(H,18,19)(H,20,21). The number of rotatable bonds is 8. The quantitative estimate of drug-likeness (QED) is 0.778. The van der Waals surface area contributed by atoms with E-state index < -0.39 is 5.97 Å². The number of carboxylic acid groups (broad SMARTS) is 1. The Morgan fingerprint density at radius 1 is 1.26 bits per heavy atom. The fourth-order valence-electron chi connectivity index (χ4n) is 2.00. The Labute approximate surface area is 135 Å². The maximum atomic E-state index is 10.9. The molecule has 0 spiro atoms. The smallest absolute Gasteiger partial charge is 0.354 e. The van der Waals surface area contributed by atoms with E-state index in [9.17, 15) is 4.79 Å². The molecule has 0 aliphatic heterocycles. The van der Waals surface area contributed by atoms with Crippen LogP contribution in [0, 0.1) is 0 Å². The lowest BCUT2D eigenvalue weighted by atomic mass is 10.2. The number of pyridine rings is 1. The molecule has 122 valence electrons. The van der Waals surface area contributed by atoms with Crippen LogP contribution in [0.5, 0.6) is 11.5 Å². The number of nitrogens with zero attached hydrogens (tertiary/aromatic N) is 1. The van der Waals surface area contributed by atoms with Gasteiger partial charge in [0.25, 0.3) is 0 Å². The van der Waals surface area contributed by atoms with E-state index in [2.05, 4.69) is 10.3 Å². The molecule has 2 N–H and O–H groups in total. The van der Waals surface area contributed by atoms with Crippen LogP contribution in [0.4, 0.5) is 5.82 Å². The summed E-state index contributed by atoms with van der Waals surface area (Å²) in [5, 5.41) is 12.0. The van der Waals surface area contributed by atoms with Crippen LogP contribution in [0.1, 0.15) is 29.4 Å². The Morgan fingerprint density at radius 3 is 2.78 bits per heavy atom. The molecule has 1 aromatic heterocycles. The summed E-state index contributed by atoms with van der Waals surface area (Å²) >= 11 is 0. The number of benzene rings is 1. The first kappa shape index (κ1) is 16.6. The minimum Gasteiger partial charge on any atom is -0.493 e. The molecule has 0 aliphatic carbocycles. The van der Waals surface area contributed by atoms with Gasteiger partial charge < -0.3 is 19.9 Å². The van der Waals surface area contributed by atoms with Crippen LogP contribution < -0.4 is 14.8 Å². The number of carboxylic acids is 1. The van der Waals surface area contributed by atoms with Crippen molar-refractivity contribution in [1.82, 2.24) is 4.98 Å². The molecule has 6 nitrogen and oxygen atoms in total. The molecule has 0 aliphatic rings. The van der Waals surface area contributed by atoms with Gasteiger partial charge in [-0.2, -0.15) is 0 Å². The van der Waals surface area contributed by atoms with Gasteiger partial charge in [0.15, 0.2) is 17.2 Å². The van der Waals surface area contributed by atoms with Gasteiger partial charge in [0.2, 0.25) is 0 Å². The number of hydrogen-bond donors (Lipinski definition) is 2. The summed E-state index contributed by atoms with van der Waals surface area (Å²) in [7, 11) is 1.60. The van der Waals surface area contributed by atoms with Crippen molar-refractivity contribution in [2.24, 2.45) is 0 Å². The van der Waals surface area contributed by atoms with Gasteiger partial charge in [0.1, 0.15) is 5.82 Å². The van der Waals surface area contributed by atoms with Crippen molar-refractivity contribution in [1.29, 1.82) is 0 Å². The predicted octanol–water partition coefficient (Wildman–Crippen LogP) is 3.19. The third kappa shape index (κ3) is 4.60. The first-order valence-electron chi connectivity index (χ1n) is 7.38. The van der Waals surface area contributed by atoms with Crippen molar-refractivity contribution in [2.75, 3.05) is 19.0 Å². The van der Waals surface area contributed by atoms with E-state index in [0.717, 1.165) is 12.0 Å². The van der Waals surface area contributed by atoms with Crippen LogP contribution in [-0.2, 0) is 6.54 Å². The van der Waals surface area contributed by atoms with Gasteiger partial charge in [-0.3, -0.25) is 0 Å². The van der Waals surface area contributed by atoms with Crippen molar-refractivity contribution >= 4 is 11.8 Å². The van der Waals surface area contributed by atoms with Crippen molar-refractivity contribution in [3.05, 3.63) is 47.7 Å². The molecule has 0 bridgehead atoms. The zero-order valence-electron chi connectivity index (χ0n) is 13.2. The number of aromatic nitrogens is 1. The second-order valence-electron chi connectivity index (χ2n) is 4.90. The lowest BCUT2D eigenvalue weighted by Gasteiger charge is -2.12. The van der Waals surface area contributed by atoms with Gasteiger partial charge in [-0.25, -0.2) is 9.78 Å². The van der Waals surface area contributed by atoms with E-state index >= 15 is 0 Å². The van der Waals surface area contributed by atoms with E-state index in [0.29, 0.717) is 30.5 Å². The molecule has 0 saturated carbocycles. The molecule has 6 heteroatoms. The zero-order chi connectivity index (χ0) is 16.7. The molecule has 0 radical (unpaired) electrons. The van der Waals surface area contributed by atoms with E-state index in [4.69, 9.17) is 14.6 Å². The number of carbonyl (C=O) groups is 1. The third-order valence-electron chi connectivity index (χ3n) is 3.13. The van der Waals surface area contributed by atoms with Gasteiger partial charge in [0.05, 0.1) is 13.7 Å².